The number of anilines is 6. The number of nitrogens with zero attached hydrogens (tertiary/aromatic N) is 2. The van der Waals surface area contributed by atoms with Crippen molar-refractivity contribution in [2.24, 2.45) is 0 Å². The van der Waals surface area contributed by atoms with Crippen molar-refractivity contribution < 1.29 is 0 Å². The van der Waals surface area contributed by atoms with Gasteiger partial charge in [0, 0.05) is 39.5 Å². The average molecular weight is 1230 g/mol. The van der Waals surface area contributed by atoms with Crippen LogP contribution in [0.2, 0.25) is 0 Å². The fraction of sp³-hybridized carbons (Fsp3) is 0.183. The van der Waals surface area contributed by atoms with Crippen LogP contribution in [0.5, 0.6) is 0 Å². The average Bonchev–Trinajstić information content (AvgIpc) is 1.58. The Morgan fingerprint density at radius 1 is 0.211 bits per heavy atom. The Bertz CT molecular complexity index is 4610. The van der Waals surface area contributed by atoms with Crippen molar-refractivity contribution in [2.45, 2.75) is 109 Å². The molecule has 0 atom stereocenters. The molecule has 2 nitrogen and oxygen atoms in total. The summed E-state index contributed by atoms with van der Waals surface area (Å²) in [6.07, 6.45) is 18.0. The largest absolute Gasteiger partial charge is 0.310 e. The van der Waals surface area contributed by atoms with E-state index in [1.807, 2.05) is 0 Å². The van der Waals surface area contributed by atoms with Crippen molar-refractivity contribution in [1.82, 2.24) is 0 Å². The van der Waals surface area contributed by atoms with E-state index in [9.17, 15) is 0 Å². The molecule has 2 heteroatoms. The Balaban J connectivity index is 0.812. The highest BCUT2D eigenvalue weighted by Crippen LogP contribution is 2.56. The number of benzene rings is 13. The first-order chi connectivity index (χ1) is 47.0. The van der Waals surface area contributed by atoms with Crippen LogP contribution in [0, 0.1) is 0 Å². The summed E-state index contributed by atoms with van der Waals surface area (Å²) >= 11 is 0. The van der Waals surface area contributed by atoms with Crippen LogP contribution in [-0.2, 0) is 5.41 Å². The summed E-state index contributed by atoms with van der Waals surface area (Å²) in [7, 11) is 0. The molecule has 0 saturated carbocycles. The van der Waals surface area contributed by atoms with Crippen LogP contribution in [0.3, 0.4) is 0 Å². The molecule has 0 unspecified atom stereocenters. The van der Waals surface area contributed by atoms with Gasteiger partial charge in [-0.25, -0.2) is 0 Å². The van der Waals surface area contributed by atoms with Crippen molar-refractivity contribution in [3.05, 3.63) is 327 Å². The zero-order chi connectivity index (χ0) is 64.2. The van der Waals surface area contributed by atoms with Crippen molar-refractivity contribution in [2.75, 3.05) is 9.80 Å². The maximum Gasteiger partial charge on any atom is 0.0468 e. The Morgan fingerprint density at radius 3 is 1.05 bits per heavy atom. The van der Waals surface area contributed by atoms with E-state index in [-0.39, 0.29) is 5.41 Å². The van der Waals surface area contributed by atoms with E-state index in [1.165, 1.54) is 190 Å². The predicted molar refractivity (Wildman–Crippen MR) is 408 cm³/mol. The van der Waals surface area contributed by atoms with Crippen LogP contribution < -0.4 is 9.80 Å². The third-order valence-electron chi connectivity index (χ3n) is 20.1. The van der Waals surface area contributed by atoms with Crippen molar-refractivity contribution in [3.8, 4) is 77.9 Å². The van der Waals surface area contributed by atoms with Crippen molar-refractivity contribution in [1.29, 1.82) is 0 Å². The Hall–Kier alpha value is -10.3. The smallest absolute Gasteiger partial charge is 0.0468 e. The van der Waals surface area contributed by atoms with Crippen molar-refractivity contribution >= 4 is 44.9 Å². The molecular formula is C93H86N2. The predicted octanol–water partition coefficient (Wildman–Crippen LogP) is 27.5. The molecule has 0 bridgehead atoms. The Morgan fingerprint density at radius 2 is 0.547 bits per heavy atom. The summed E-state index contributed by atoms with van der Waals surface area (Å²) in [5.74, 6) is 0. The van der Waals surface area contributed by atoms with Gasteiger partial charge in [0.2, 0.25) is 0 Å². The summed E-state index contributed by atoms with van der Waals surface area (Å²) in [5.41, 5.74) is 26.9. The molecule has 0 saturated heterocycles. The van der Waals surface area contributed by atoms with Gasteiger partial charge in [0.05, 0.1) is 0 Å². The molecule has 468 valence electrons. The van der Waals surface area contributed by atoms with E-state index >= 15 is 0 Å². The van der Waals surface area contributed by atoms with Gasteiger partial charge in [0.1, 0.15) is 0 Å². The van der Waals surface area contributed by atoms with Gasteiger partial charge in [-0.1, -0.05) is 327 Å². The fourth-order valence-electron chi connectivity index (χ4n) is 15.0. The molecule has 0 amide bonds. The maximum absolute atomic E-state index is 2.60. The van der Waals surface area contributed by atoms with Gasteiger partial charge < -0.3 is 9.80 Å². The Labute approximate surface area is 564 Å². The Kier molecular flexibility index (Phi) is 19.2. The normalized spacial score (nSPS) is 12.1. The second-order valence-corrected chi connectivity index (χ2v) is 26.2. The molecule has 95 heavy (non-hydrogen) atoms. The number of rotatable bonds is 26. The monoisotopic (exact) mass is 1230 g/mol. The molecule has 1 aliphatic rings. The highest BCUT2D eigenvalue weighted by molar-refractivity contribution is 5.92. The zero-order valence-corrected chi connectivity index (χ0v) is 55.3. The van der Waals surface area contributed by atoms with Gasteiger partial charge in [-0.2, -0.15) is 0 Å². The molecule has 14 rings (SSSR count). The van der Waals surface area contributed by atoms with E-state index < -0.39 is 0 Å². The third kappa shape index (κ3) is 13.6. The number of unbranched alkanes of at least 4 members (excludes halogenated alkanes) is 10. The molecule has 13 aromatic rings. The lowest BCUT2D eigenvalue weighted by Crippen LogP contribution is -2.26. The molecular weight excluding hydrogens is 1150 g/mol. The standard InChI is InChI=1S/C93H86N2/c1-3-5-7-9-11-26-64-93(65-27-12-10-8-6-4-2)91-37-25-24-36-88(91)89-63-61-86(68-92(89)93)95(83-54-46-73(47-55-83)70-30-18-14-19-31-70)84-58-50-75(51-59-84)74-48-56-82(57-49-74)94(81-52-44-72(45-53-81)69-28-16-13-17-29-69)85-60-62-87(90(67-85)77-33-20-15-21-34-77)78-41-38-76(39-42-78)80-43-40-71-32-22-23-35-79(71)66-80/h13-25,28-63,66-68H,3-12,26-27,64-65H2,1-2H3. The van der Waals surface area contributed by atoms with E-state index in [4.69, 9.17) is 0 Å². The van der Waals surface area contributed by atoms with E-state index in [1.54, 1.807) is 0 Å². The first-order valence-corrected chi connectivity index (χ1v) is 35.2. The first-order valence-electron chi connectivity index (χ1n) is 35.2. The molecule has 0 heterocycles. The van der Waals surface area contributed by atoms with Crippen LogP contribution in [0.15, 0.2) is 315 Å². The quantitative estimate of drug-likeness (QED) is 0.0499. The lowest BCUT2D eigenvalue weighted by molar-refractivity contribution is 0.398. The lowest BCUT2D eigenvalue weighted by atomic mass is 9.70. The third-order valence-corrected chi connectivity index (χ3v) is 20.1. The molecule has 13 aromatic carbocycles. The highest BCUT2D eigenvalue weighted by Gasteiger charge is 2.42. The topological polar surface area (TPSA) is 6.48 Å². The maximum atomic E-state index is 2.60. The fourth-order valence-corrected chi connectivity index (χ4v) is 15.0. The molecule has 0 aliphatic heterocycles. The minimum absolute atomic E-state index is 0.0298. The molecule has 0 radical (unpaired) electrons. The molecule has 0 spiro atoms. The zero-order valence-electron chi connectivity index (χ0n) is 55.3. The van der Waals surface area contributed by atoms with Crippen LogP contribution in [0.1, 0.15) is 115 Å². The second kappa shape index (κ2) is 29.3. The SMILES string of the molecule is CCCCCCCCC1(CCCCCCCC)c2ccccc2-c2ccc(N(c3ccc(-c4ccccc4)cc3)c3ccc(-c4ccc(N(c5ccc(-c6ccccc6)cc5)c5ccc(-c6ccc(-c7ccc8ccccc8c7)cc6)c(-c6ccccc6)c5)cc4)cc3)cc21. The number of fused-ring (bicyclic) bond motifs is 4. The van der Waals surface area contributed by atoms with Crippen LogP contribution >= 0.6 is 0 Å². The minimum atomic E-state index is -0.0298. The van der Waals surface area contributed by atoms with Gasteiger partial charge in [0.25, 0.3) is 0 Å². The van der Waals surface area contributed by atoms with Gasteiger partial charge in [-0.3, -0.25) is 0 Å². The summed E-state index contributed by atoms with van der Waals surface area (Å²) in [6, 6.07) is 117. The van der Waals surface area contributed by atoms with Crippen molar-refractivity contribution in [3.63, 3.8) is 0 Å². The van der Waals surface area contributed by atoms with Gasteiger partial charge in [-0.15, -0.1) is 0 Å². The van der Waals surface area contributed by atoms with E-state index in [2.05, 4.69) is 339 Å². The van der Waals surface area contributed by atoms with Gasteiger partial charge in [-0.05, 0) is 191 Å². The van der Waals surface area contributed by atoms with Crippen LogP contribution in [0.4, 0.5) is 34.1 Å². The highest BCUT2D eigenvalue weighted by atomic mass is 15.1. The number of hydrogen-bond acceptors (Lipinski definition) is 2. The second-order valence-electron chi connectivity index (χ2n) is 26.2. The molecule has 0 fully saturated rings. The van der Waals surface area contributed by atoms with Gasteiger partial charge >= 0.3 is 0 Å². The van der Waals surface area contributed by atoms with E-state index in [0.29, 0.717) is 0 Å². The van der Waals surface area contributed by atoms with E-state index in [0.717, 1.165) is 34.0 Å². The summed E-state index contributed by atoms with van der Waals surface area (Å²) < 4.78 is 0. The van der Waals surface area contributed by atoms with Crippen LogP contribution in [0.25, 0.3) is 88.7 Å². The molecule has 0 N–H and O–H groups in total. The summed E-state index contributed by atoms with van der Waals surface area (Å²) in [6.45, 7) is 4.65. The number of hydrogen-bond donors (Lipinski definition) is 0. The first kappa shape index (κ1) is 62.2. The summed E-state index contributed by atoms with van der Waals surface area (Å²) in [4.78, 5) is 4.91. The summed E-state index contributed by atoms with van der Waals surface area (Å²) in [5, 5.41) is 2.50. The molecule has 1 aliphatic carbocycles. The minimum Gasteiger partial charge on any atom is -0.310 e. The van der Waals surface area contributed by atoms with Gasteiger partial charge in [0.15, 0.2) is 0 Å². The lowest BCUT2D eigenvalue weighted by Gasteiger charge is -2.34. The van der Waals surface area contributed by atoms with Crippen LogP contribution in [-0.4, -0.2) is 0 Å². The molecule has 0 aromatic heterocycles.